The molecule has 4 N–H and O–H groups in total. The highest BCUT2D eigenvalue weighted by Gasteiger charge is 2.13. The lowest BCUT2D eigenvalue weighted by atomic mass is 10.0. The number of hydrogen-bond acceptors (Lipinski definition) is 4. The number of nitrogens with zero attached hydrogens (tertiary/aromatic N) is 1. The van der Waals surface area contributed by atoms with Gasteiger partial charge in [0.25, 0.3) is 0 Å². The molecule has 0 radical (unpaired) electrons. The van der Waals surface area contributed by atoms with Gasteiger partial charge in [0.1, 0.15) is 6.07 Å². The smallest absolute Gasteiger partial charge is 0.101 e. The van der Waals surface area contributed by atoms with E-state index in [1.165, 1.54) is 0 Å². The van der Waals surface area contributed by atoms with Gasteiger partial charge in [0.2, 0.25) is 0 Å². The molecule has 0 fully saturated rings. The topological polar surface area (TPSA) is 82.1 Å². The number of unbranched alkanes of at least 4 members (excludes halogenated alkanes) is 1. The van der Waals surface area contributed by atoms with Gasteiger partial charge in [-0.05, 0) is 30.7 Å². The number of rotatable bonds is 6. The van der Waals surface area contributed by atoms with Crippen molar-refractivity contribution in [3.8, 4) is 6.07 Å². The van der Waals surface area contributed by atoms with Crippen LogP contribution in [0, 0.1) is 11.3 Å². The van der Waals surface area contributed by atoms with E-state index < -0.39 is 0 Å². The predicted molar refractivity (Wildman–Crippen MR) is 73.3 cm³/mol. The summed E-state index contributed by atoms with van der Waals surface area (Å²) in [5, 5.41) is 21.9. The molecule has 1 unspecified atom stereocenters. The fourth-order valence-electron chi connectivity index (χ4n) is 1.67. The second kappa shape index (κ2) is 7.22. The Bertz CT molecular complexity index is 443. The van der Waals surface area contributed by atoms with E-state index in [0.717, 1.165) is 24.9 Å². The number of anilines is 1. The van der Waals surface area contributed by atoms with Crippen molar-refractivity contribution in [2.24, 2.45) is 0 Å². The zero-order valence-corrected chi connectivity index (χ0v) is 11.2. The Morgan fingerprint density at radius 3 is 2.83 bits per heavy atom. The number of hydrogen-bond donors (Lipinski definition) is 3. The number of nitrogens with two attached hydrogens (primary N) is 1. The van der Waals surface area contributed by atoms with Crippen LogP contribution < -0.4 is 11.1 Å². The van der Waals surface area contributed by atoms with Crippen LogP contribution in [0.2, 0.25) is 5.02 Å². The number of benzene rings is 1. The van der Waals surface area contributed by atoms with Crippen LogP contribution in [0.15, 0.2) is 12.1 Å². The largest absolute Gasteiger partial charge is 0.396 e. The van der Waals surface area contributed by atoms with Crippen LogP contribution in [0.1, 0.15) is 36.9 Å². The minimum absolute atomic E-state index is 0.0468. The molecule has 5 heteroatoms. The van der Waals surface area contributed by atoms with Gasteiger partial charge in [-0.15, -0.1) is 0 Å². The lowest BCUT2D eigenvalue weighted by molar-refractivity contribution is 0.244. The first-order chi connectivity index (χ1) is 8.63. The third-order valence-electron chi connectivity index (χ3n) is 2.78. The highest BCUT2D eigenvalue weighted by molar-refractivity contribution is 6.33. The van der Waals surface area contributed by atoms with Crippen LogP contribution >= 0.6 is 11.6 Å². The minimum atomic E-state index is -0.221. The molecule has 98 valence electrons. The molecule has 1 aromatic rings. The summed E-state index contributed by atoms with van der Waals surface area (Å²) in [6, 6.07) is 5.14. The summed E-state index contributed by atoms with van der Waals surface area (Å²) in [4.78, 5) is 0. The molecule has 0 heterocycles. The molecule has 1 atom stereocenters. The number of nitriles is 1. The Balaban J connectivity index is 2.93. The summed E-state index contributed by atoms with van der Waals surface area (Å²) in [5.41, 5.74) is 7.10. The first-order valence-electron chi connectivity index (χ1n) is 5.97. The summed E-state index contributed by atoms with van der Waals surface area (Å²) in [5.74, 6) is 0. The van der Waals surface area contributed by atoms with E-state index >= 15 is 0 Å². The minimum Gasteiger partial charge on any atom is -0.396 e. The van der Waals surface area contributed by atoms with Crippen molar-refractivity contribution in [1.82, 2.24) is 5.32 Å². The van der Waals surface area contributed by atoms with E-state index in [9.17, 15) is 5.11 Å². The zero-order valence-electron chi connectivity index (χ0n) is 10.4. The second-order valence-corrected chi connectivity index (χ2v) is 4.53. The highest BCUT2D eigenvalue weighted by Crippen LogP contribution is 2.27. The molecule has 0 aromatic heterocycles. The Kier molecular flexibility index (Phi) is 5.93. The number of halogens is 1. The van der Waals surface area contributed by atoms with E-state index in [4.69, 9.17) is 22.6 Å². The van der Waals surface area contributed by atoms with Gasteiger partial charge in [-0.25, -0.2) is 0 Å². The average Bonchev–Trinajstić information content (AvgIpc) is 2.38. The Morgan fingerprint density at radius 1 is 1.56 bits per heavy atom. The summed E-state index contributed by atoms with van der Waals surface area (Å²) in [6.07, 6.45) is 2.11. The van der Waals surface area contributed by atoms with E-state index in [1.54, 1.807) is 12.1 Å². The van der Waals surface area contributed by atoms with E-state index in [0.29, 0.717) is 10.6 Å². The molecule has 0 saturated carbocycles. The fraction of sp³-hybridized carbons (Fsp3) is 0.462. The summed E-state index contributed by atoms with van der Waals surface area (Å²) in [7, 11) is 0. The number of nitrogen functional groups attached to an aromatic ring is 1. The molecule has 4 nitrogen and oxygen atoms in total. The lowest BCUT2D eigenvalue weighted by Crippen LogP contribution is -2.25. The molecule has 1 aromatic carbocycles. The van der Waals surface area contributed by atoms with E-state index in [1.807, 2.05) is 6.07 Å². The van der Waals surface area contributed by atoms with Crippen LogP contribution in [0.4, 0.5) is 5.69 Å². The standard InChI is InChI=1S/C13H18ClN3O/c1-2-3-4-17-12(8-18)9-5-10(7-15)13(16)11(14)6-9/h5-6,12,17-18H,2-4,8,16H2,1H3. The van der Waals surface area contributed by atoms with Crippen LogP contribution in [0.3, 0.4) is 0 Å². The monoisotopic (exact) mass is 267 g/mol. The van der Waals surface area contributed by atoms with Crippen molar-refractivity contribution in [2.75, 3.05) is 18.9 Å². The van der Waals surface area contributed by atoms with Gasteiger partial charge in [-0.2, -0.15) is 5.26 Å². The molecule has 1 rings (SSSR count). The van der Waals surface area contributed by atoms with Gasteiger partial charge in [0.15, 0.2) is 0 Å². The average molecular weight is 268 g/mol. The SMILES string of the molecule is CCCCNC(CO)c1cc(Cl)c(N)c(C#N)c1. The Morgan fingerprint density at radius 2 is 2.28 bits per heavy atom. The van der Waals surface area contributed by atoms with Crippen molar-refractivity contribution < 1.29 is 5.11 Å². The Labute approximate surface area is 112 Å². The van der Waals surface area contributed by atoms with E-state index in [2.05, 4.69) is 12.2 Å². The molecule has 0 aliphatic rings. The third-order valence-corrected chi connectivity index (χ3v) is 3.09. The summed E-state index contributed by atoms with van der Waals surface area (Å²) in [6.45, 7) is 2.87. The predicted octanol–water partition coefficient (Wildman–Crippen LogP) is 2.22. The molecule has 0 spiro atoms. The summed E-state index contributed by atoms with van der Waals surface area (Å²) >= 11 is 5.97. The molecular weight excluding hydrogens is 250 g/mol. The molecule has 0 bridgehead atoms. The van der Waals surface area contributed by atoms with Crippen molar-refractivity contribution in [2.45, 2.75) is 25.8 Å². The molecule has 18 heavy (non-hydrogen) atoms. The number of aliphatic hydroxyl groups is 1. The lowest BCUT2D eigenvalue weighted by Gasteiger charge is -2.18. The van der Waals surface area contributed by atoms with E-state index in [-0.39, 0.29) is 18.3 Å². The Hall–Kier alpha value is -1.28. The van der Waals surface area contributed by atoms with Crippen molar-refractivity contribution >= 4 is 17.3 Å². The first-order valence-corrected chi connectivity index (χ1v) is 6.35. The van der Waals surface area contributed by atoms with Crippen molar-refractivity contribution in [3.63, 3.8) is 0 Å². The maximum Gasteiger partial charge on any atom is 0.101 e. The molecule has 0 aliphatic heterocycles. The molecule has 0 aliphatic carbocycles. The van der Waals surface area contributed by atoms with Gasteiger partial charge in [-0.1, -0.05) is 24.9 Å². The zero-order chi connectivity index (χ0) is 13.5. The second-order valence-electron chi connectivity index (χ2n) is 4.12. The number of nitrogens with one attached hydrogen (secondary N) is 1. The molecule has 0 amide bonds. The van der Waals surface area contributed by atoms with Gasteiger partial charge >= 0.3 is 0 Å². The first kappa shape index (κ1) is 14.8. The quantitative estimate of drug-likeness (QED) is 0.545. The van der Waals surface area contributed by atoms with Gasteiger partial charge in [-0.3, -0.25) is 0 Å². The van der Waals surface area contributed by atoms with Crippen LogP contribution in [0.5, 0.6) is 0 Å². The van der Waals surface area contributed by atoms with Crippen LogP contribution in [0.25, 0.3) is 0 Å². The molecular formula is C13H18ClN3O. The third kappa shape index (κ3) is 3.61. The fourth-order valence-corrected chi connectivity index (χ4v) is 1.90. The summed E-state index contributed by atoms with van der Waals surface area (Å²) < 4.78 is 0. The van der Waals surface area contributed by atoms with Crippen molar-refractivity contribution in [3.05, 3.63) is 28.3 Å². The number of aliphatic hydroxyl groups excluding tert-OH is 1. The van der Waals surface area contributed by atoms with Gasteiger partial charge in [0.05, 0.1) is 28.9 Å². The normalized spacial score (nSPS) is 12.1. The molecule has 0 saturated heterocycles. The maximum absolute atomic E-state index is 9.38. The van der Waals surface area contributed by atoms with Gasteiger partial charge < -0.3 is 16.2 Å². The van der Waals surface area contributed by atoms with Crippen LogP contribution in [-0.2, 0) is 0 Å². The highest BCUT2D eigenvalue weighted by atomic mass is 35.5. The van der Waals surface area contributed by atoms with Crippen molar-refractivity contribution in [1.29, 1.82) is 5.26 Å². The van der Waals surface area contributed by atoms with Crippen LogP contribution in [-0.4, -0.2) is 18.3 Å². The maximum atomic E-state index is 9.38. The van der Waals surface area contributed by atoms with Gasteiger partial charge in [0, 0.05) is 0 Å².